The summed E-state index contributed by atoms with van der Waals surface area (Å²) in [6.07, 6.45) is 1.30. The molecule has 4 heteroatoms. The standard InChI is InChI=1S/C18H26N2O2/c1-5-20(6-2)17(22)18(11-12-18)16(21)19-15-9-7-14(8-10-15)13(3)4/h7-10,13H,5-6,11-12H2,1-4H3,(H,19,21). The predicted octanol–water partition coefficient (Wildman–Crippen LogP) is 3.40. The van der Waals surface area contributed by atoms with E-state index in [2.05, 4.69) is 19.2 Å². The molecule has 120 valence electrons. The van der Waals surface area contributed by atoms with Crippen LogP contribution in [0.5, 0.6) is 0 Å². The monoisotopic (exact) mass is 302 g/mol. The van der Waals surface area contributed by atoms with Crippen LogP contribution in [0.25, 0.3) is 0 Å². The maximum absolute atomic E-state index is 12.5. The van der Waals surface area contributed by atoms with Crippen LogP contribution in [0.1, 0.15) is 52.0 Å². The van der Waals surface area contributed by atoms with Gasteiger partial charge in [0.1, 0.15) is 5.41 Å². The van der Waals surface area contributed by atoms with Crippen molar-refractivity contribution in [3.8, 4) is 0 Å². The molecule has 1 aromatic carbocycles. The van der Waals surface area contributed by atoms with Crippen molar-refractivity contribution >= 4 is 17.5 Å². The Balaban J connectivity index is 2.07. The van der Waals surface area contributed by atoms with Crippen LogP contribution < -0.4 is 5.32 Å². The molecule has 0 spiro atoms. The molecule has 22 heavy (non-hydrogen) atoms. The maximum atomic E-state index is 12.5. The first-order valence-corrected chi connectivity index (χ1v) is 8.15. The molecule has 1 aromatic rings. The molecule has 0 aliphatic heterocycles. The summed E-state index contributed by atoms with van der Waals surface area (Å²) in [7, 11) is 0. The van der Waals surface area contributed by atoms with Crippen LogP contribution >= 0.6 is 0 Å². The van der Waals surface area contributed by atoms with Crippen molar-refractivity contribution in [2.75, 3.05) is 18.4 Å². The van der Waals surface area contributed by atoms with E-state index in [-0.39, 0.29) is 11.8 Å². The van der Waals surface area contributed by atoms with E-state index in [0.717, 1.165) is 5.69 Å². The number of carbonyl (C=O) groups excluding carboxylic acids is 2. The van der Waals surface area contributed by atoms with Crippen molar-refractivity contribution in [3.05, 3.63) is 29.8 Å². The van der Waals surface area contributed by atoms with Gasteiger partial charge in [-0.05, 0) is 50.3 Å². The third kappa shape index (κ3) is 3.16. The Kier molecular flexibility index (Phi) is 4.89. The smallest absolute Gasteiger partial charge is 0.240 e. The lowest BCUT2D eigenvalue weighted by molar-refractivity contribution is -0.141. The minimum absolute atomic E-state index is 0.0335. The molecule has 1 aliphatic carbocycles. The predicted molar refractivity (Wildman–Crippen MR) is 88.8 cm³/mol. The van der Waals surface area contributed by atoms with Gasteiger partial charge in [0.15, 0.2) is 0 Å². The number of hydrogen-bond acceptors (Lipinski definition) is 2. The van der Waals surface area contributed by atoms with E-state index in [1.54, 1.807) is 4.90 Å². The van der Waals surface area contributed by atoms with Crippen molar-refractivity contribution in [3.63, 3.8) is 0 Å². The van der Waals surface area contributed by atoms with Gasteiger partial charge >= 0.3 is 0 Å². The fourth-order valence-corrected chi connectivity index (χ4v) is 2.68. The van der Waals surface area contributed by atoms with E-state index >= 15 is 0 Å². The topological polar surface area (TPSA) is 49.4 Å². The highest BCUT2D eigenvalue weighted by molar-refractivity contribution is 6.13. The Morgan fingerprint density at radius 3 is 2.09 bits per heavy atom. The number of anilines is 1. The summed E-state index contributed by atoms with van der Waals surface area (Å²) in [4.78, 5) is 26.8. The zero-order valence-electron chi connectivity index (χ0n) is 14.0. The van der Waals surface area contributed by atoms with Crippen molar-refractivity contribution in [1.82, 2.24) is 4.90 Å². The second kappa shape index (κ2) is 6.51. The maximum Gasteiger partial charge on any atom is 0.240 e. The summed E-state index contributed by atoms with van der Waals surface area (Å²) >= 11 is 0. The number of carbonyl (C=O) groups is 2. The van der Waals surface area contributed by atoms with Gasteiger partial charge in [-0.1, -0.05) is 26.0 Å². The van der Waals surface area contributed by atoms with Crippen LogP contribution in [0, 0.1) is 5.41 Å². The summed E-state index contributed by atoms with van der Waals surface area (Å²) in [5.74, 6) is 0.263. The fourth-order valence-electron chi connectivity index (χ4n) is 2.68. The van der Waals surface area contributed by atoms with Crippen LogP contribution in [0.15, 0.2) is 24.3 Å². The van der Waals surface area contributed by atoms with E-state index in [0.29, 0.717) is 31.8 Å². The molecule has 1 N–H and O–H groups in total. The number of rotatable bonds is 6. The van der Waals surface area contributed by atoms with Crippen LogP contribution in [-0.2, 0) is 9.59 Å². The molecule has 4 nitrogen and oxygen atoms in total. The van der Waals surface area contributed by atoms with E-state index in [4.69, 9.17) is 0 Å². The van der Waals surface area contributed by atoms with Gasteiger partial charge in [0.25, 0.3) is 0 Å². The van der Waals surface area contributed by atoms with Crippen LogP contribution in [0.4, 0.5) is 5.69 Å². The Morgan fingerprint density at radius 2 is 1.68 bits per heavy atom. The number of nitrogens with zero attached hydrogens (tertiary/aromatic N) is 1. The second-order valence-electron chi connectivity index (χ2n) is 6.29. The molecular weight excluding hydrogens is 276 g/mol. The second-order valence-corrected chi connectivity index (χ2v) is 6.29. The number of nitrogens with one attached hydrogen (secondary N) is 1. The summed E-state index contributed by atoms with van der Waals surface area (Å²) in [6, 6.07) is 7.86. The Bertz CT molecular complexity index is 541. The molecule has 0 aromatic heterocycles. The highest BCUT2D eigenvalue weighted by Crippen LogP contribution is 2.48. The normalized spacial score (nSPS) is 15.5. The summed E-state index contributed by atoms with van der Waals surface area (Å²) < 4.78 is 0. The van der Waals surface area contributed by atoms with Gasteiger partial charge in [-0.2, -0.15) is 0 Å². The molecular formula is C18H26N2O2. The highest BCUT2D eigenvalue weighted by atomic mass is 16.2. The molecule has 2 amide bonds. The van der Waals surface area contributed by atoms with Crippen LogP contribution in [-0.4, -0.2) is 29.8 Å². The summed E-state index contributed by atoms with van der Waals surface area (Å²) in [6.45, 7) is 9.45. The minimum Gasteiger partial charge on any atom is -0.342 e. The Morgan fingerprint density at radius 1 is 1.14 bits per heavy atom. The third-order valence-electron chi connectivity index (χ3n) is 4.48. The van der Waals surface area contributed by atoms with E-state index < -0.39 is 5.41 Å². The molecule has 0 heterocycles. The lowest BCUT2D eigenvalue weighted by Gasteiger charge is -2.24. The van der Waals surface area contributed by atoms with Crippen LogP contribution in [0.3, 0.4) is 0 Å². The molecule has 0 atom stereocenters. The van der Waals surface area contributed by atoms with E-state index in [9.17, 15) is 9.59 Å². The number of hydrogen-bond donors (Lipinski definition) is 1. The lowest BCUT2D eigenvalue weighted by atomic mass is 10.0. The Labute approximate surface area is 132 Å². The minimum atomic E-state index is -0.831. The van der Waals surface area contributed by atoms with Gasteiger partial charge in [-0.3, -0.25) is 9.59 Å². The molecule has 0 saturated heterocycles. The Hall–Kier alpha value is -1.84. The molecule has 1 aliphatic rings. The number of benzene rings is 1. The van der Waals surface area contributed by atoms with Gasteiger partial charge in [-0.25, -0.2) is 0 Å². The van der Waals surface area contributed by atoms with Crippen molar-refractivity contribution < 1.29 is 9.59 Å². The zero-order chi connectivity index (χ0) is 16.3. The quantitative estimate of drug-likeness (QED) is 0.819. The van der Waals surface area contributed by atoms with E-state index in [1.165, 1.54) is 5.56 Å². The molecule has 0 unspecified atom stereocenters. The summed E-state index contributed by atoms with van der Waals surface area (Å²) in [5.41, 5.74) is 1.16. The molecule has 2 rings (SSSR count). The largest absolute Gasteiger partial charge is 0.342 e. The van der Waals surface area contributed by atoms with Gasteiger partial charge in [0, 0.05) is 18.8 Å². The van der Waals surface area contributed by atoms with Gasteiger partial charge in [-0.15, -0.1) is 0 Å². The SMILES string of the molecule is CCN(CC)C(=O)C1(C(=O)Nc2ccc(C(C)C)cc2)CC1. The van der Waals surface area contributed by atoms with Crippen molar-refractivity contribution in [1.29, 1.82) is 0 Å². The first kappa shape index (κ1) is 16.5. The first-order valence-electron chi connectivity index (χ1n) is 8.15. The first-order chi connectivity index (χ1) is 10.4. The van der Waals surface area contributed by atoms with Crippen molar-refractivity contribution in [2.24, 2.45) is 5.41 Å². The van der Waals surface area contributed by atoms with E-state index in [1.807, 2.05) is 38.1 Å². The zero-order valence-corrected chi connectivity index (χ0v) is 14.0. The average Bonchev–Trinajstić information content (AvgIpc) is 3.30. The van der Waals surface area contributed by atoms with Crippen molar-refractivity contribution in [2.45, 2.75) is 46.5 Å². The van der Waals surface area contributed by atoms with Gasteiger partial charge in [0.2, 0.25) is 11.8 Å². The molecule has 0 bridgehead atoms. The summed E-state index contributed by atoms with van der Waals surface area (Å²) in [5, 5.41) is 2.91. The average molecular weight is 302 g/mol. The molecule has 1 saturated carbocycles. The molecule has 1 fully saturated rings. The van der Waals surface area contributed by atoms with Gasteiger partial charge in [0.05, 0.1) is 0 Å². The fraction of sp³-hybridized carbons (Fsp3) is 0.556. The van der Waals surface area contributed by atoms with Gasteiger partial charge < -0.3 is 10.2 Å². The van der Waals surface area contributed by atoms with Crippen LogP contribution in [0.2, 0.25) is 0 Å². The lowest BCUT2D eigenvalue weighted by Crippen LogP contribution is -2.42. The number of amides is 2. The highest BCUT2D eigenvalue weighted by Gasteiger charge is 2.57. The third-order valence-corrected chi connectivity index (χ3v) is 4.48. The molecule has 0 radical (unpaired) electrons.